The van der Waals surface area contributed by atoms with Crippen molar-refractivity contribution >= 4 is 5.97 Å². The molecule has 1 rings (SSSR count). The molecule has 6 heteroatoms. The average Bonchev–Trinajstić information content (AvgIpc) is 2.84. The second-order valence-corrected chi connectivity index (χ2v) is 5.98. The van der Waals surface area contributed by atoms with Gasteiger partial charge in [0.15, 0.2) is 0 Å². The first-order chi connectivity index (χ1) is 10.6. The van der Waals surface area contributed by atoms with Crippen molar-refractivity contribution in [3.05, 3.63) is 0 Å². The van der Waals surface area contributed by atoms with Gasteiger partial charge in [0.2, 0.25) is 0 Å². The Morgan fingerprint density at radius 1 is 1.18 bits per heavy atom. The number of hydrogen-bond acceptors (Lipinski definition) is 6. The Morgan fingerprint density at radius 2 is 1.82 bits per heavy atom. The minimum Gasteiger partial charge on any atom is -0.463 e. The number of carbonyl (C=O) groups is 1. The van der Waals surface area contributed by atoms with Crippen molar-refractivity contribution in [2.75, 3.05) is 13.2 Å². The van der Waals surface area contributed by atoms with E-state index in [1.807, 2.05) is 0 Å². The highest BCUT2D eigenvalue weighted by Crippen LogP contribution is 2.18. The van der Waals surface area contributed by atoms with Gasteiger partial charge in [0.05, 0.1) is 6.61 Å². The van der Waals surface area contributed by atoms with Gasteiger partial charge in [0, 0.05) is 6.42 Å². The van der Waals surface area contributed by atoms with Crippen molar-refractivity contribution in [3.8, 4) is 0 Å². The van der Waals surface area contributed by atoms with Crippen molar-refractivity contribution in [1.29, 1.82) is 0 Å². The highest BCUT2D eigenvalue weighted by molar-refractivity contribution is 5.69. The third-order valence-electron chi connectivity index (χ3n) is 3.97. The fourth-order valence-corrected chi connectivity index (χ4v) is 2.54. The van der Waals surface area contributed by atoms with Crippen LogP contribution in [0.4, 0.5) is 0 Å². The molecule has 1 saturated heterocycles. The zero-order valence-electron chi connectivity index (χ0n) is 13.4. The summed E-state index contributed by atoms with van der Waals surface area (Å²) >= 11 is 0. The van der Waals surface area contributed by atoms with Crippen LogP contribution >= 0.6 is 0 Å². The standard InChI is InChI=1S/C16H30O6/c1-2-3-4-5-6-7-8-9-14(19)21-11-13(18)16-15(20)12(17)10-22-16/h12-13,15-18,20H,2-11H2,1H3/t12-,13-,15+,16?/m1/s1. The summed E-state index contributed by atoms with van der Waals surface area (Å²) in [6.07, 6.45) is 4.08. The molecule has 0 aliphatic carbocycles. The van der Waals surface area contributed by atoms with E-state index in [9.17, 15) is 20.1 Å². The first-order valence-corrected chi connectivity index (χ1v) is 8.37. The Kier molecular flexibility index (Phi) is 9.63. The second-order valence-electron chi connectivity index (χ2n) is 5.98. The molecule has 4 atom stereocenters. The summed E-state index contributed by atoms with van der Waals surface area (Å²) in [5, 5.41) is 28.7. The molecule has 0 aromatic heterocycles. The monoisotopic (exact) mass is 318 g/mol. The Hall–Kier alpha value is -0.690. The lowest BCUT2D eigenvalue weighted by Gasteiger charge is -2.20. The van der Waals surface area contributed by atoms with E-state index in [0.717, 1.165) is 19.3 Å². The van der Waals surface area contributed by atoms with Gasteiger partial charge in [-0.1, -0.05) is 45.4 Å². The molecule has 0 bridgehead atoms. The van der Waals surface area contributed by atoms with Gasteiger partial charge in [-0.3, -0.25) is 4.79 Å². The average molecular weight is 318 g/mol. The number of carbonyl (C=O) groups excluding carboxylic acids is 1. The molecule has 1 unspecified atom stereocenters. The van der Waals surface area contributed by atoms with Gasteiger partial charge in [-0.25, -0.2) is 0 Å². The molecule has 6 nitrogen and oxygen atoms in total. The van der Waals surface area contributed by atoms with E-state index < -0.39 is 24.4 Å². The van der Waals surface area contributed by atoms with Crippen LogP contribution in [-0.4, -0.2) is 58.9 Å². The number of esters is 1. The molecule has 1 fully saturated rings. The molecule has 3 N–H and O–H groups in total. The van der Waals surface area contributed by atoms with E-state index in [1.165, 1.54) is 25.7 Å². The lowest BCUT2D eigenvalue weighted by molar-refractivity contribution is -0.151. The van der Waals surface area contributed by atoms with Crippen molar-refractivity contribution in [2.45, 2.75) is 82.7 Å². The summed E-state index contributed by atoms with van der Waals surface area (Å²) in [4.78, 5) is 11.6. The smallest absolute Gasteiger partial charge is 0.305 e. The molecule has 1 aliphatic heterocycles. The van der Waals surface area contributed by atoms with Crippen LogP contribution < -0.4 is 0 Å². The minimum atomic E-state index is -1.14. The second kappa shape index (κ2) is 10.9. The summed E-state index contributed by atoms with van der Waals surface area (Å²) < 4.78 is 10.1. The lowest BCUT2D eigenvalue weighted by Crippen LogP contribution is -2.41. The lowest BCUT2D eigenvalue weighted by atomic mass is 10.1. The Balaban J connectivity index is 2.03. The van der Waals surface area contributed by atoms with E-state index >= 15 is 0 Å². The maximum Gasteiger partial charge on any atom is 0.305 e. The van der Waals surface area contributed by atoms with Gasteiger partial charge in [-0.2, -0.15) is 0 Å². The van der Waals surface area contributed by atoms with Crippen LogP contribution in [0.1, 0.15) is 58.3 Å². The summed E-state index contributed by atoms with van der Waals surface area (Å²) in [5.41, 5.74) is 0. The number of rotatable bonds is 11. The molecule has 0 radical (unpaired) electrons. The van der Waals surface area contributed by atoms with Gasteiger partial charge < -0.3 is 24.8 Å². The van der Waals surface area contributed by atoms with Crippen molar-refractivity contribution in [2.24, 2.45) is 0 Å². The summed E-state index contributed by atoms with van der Waals surface area (Å²) in [7, 11) is 0. The Bertz CT molecular complexity index is 309. The molecule has 1 heterocycles. The van der Waals surface area contributed by atoms with Crippen LogP contribution in [0.25, 0.3) is 0 Å². The molecule has 0 aromatic carbocycles. The van der Waals surface area contributed by atoms with E-state index in [0.29, 0.717) is 6.42 Å². The van der Waals surface area contributed by atoms with E-state index in [-0.39, 0.29) is 19.2 Å². The van der Waals surface area contributed by atoms with Crippen molar-refractivity contribution in [1.82, 2.24) is 0 Å². The molecule has 0 aromatic rings. The van der Waals surface area contributed by atoms with Crippen molar-refractivity contribution in [3.63, 3.8) is 0 Å². The fraction of sp³-hybridized carbons (Fsp3) is 0.938. The van der Waals surface area contributed by atoms with E-state index in [4.69, 9.17) is 9.47 Å². The maximum absolute atomic E-state index is 11.6. The Morgan fingerprint density at radius 3 is 2.41 bits per heavy atom. The SMILES string of the molecule is CCCCCCCCCC(=O)OC[C@@H](O)C1OC[C@@H](O)[C@@H]1O. The predicted molar refractivity (Wildman–Crippen MR) is 81.3 cm³/mol. The predicted octanol–water partition coefficient (Wildman–Crippen LogP) is 1.15. The molecule has 1 aliphatic rings. The largest absolute Gasteiger partial charge is 0.463 e. The number of unbranched alkanes of at least 4 members (excludes halogenated alkanes) is 6. The number of aliphatic hydroxyl groups excluding tert-OH is 3. The van der Waals surface area contributed by atoms with Gasteiger partial charge in [-0.15, -0.1) is 0 Å². The first kappa shape index (κ1) is 19.4. The minimum absolute atomic E-state index is 0.0190. The molecule has 0 saturated carbocycles. The number of aliphatic hydroxyl groups is 3. The van der Waals surface area contributed by atoms with Gasteiger partial charge in [-0.05, 0) is 6.42 Å². The third kappa shape index (κ3) is 7.05. The number of ether oxygens (including phenoxy) is 2. The quantitative estimate of drug-likeness (QED) is 0.391. The van der Waals surface area contributed by atoms with Crippen LogP contribution in [-0.2, 0) is 14.3 Å². The topological polar surface area (TPSA) is 96.2 Å². The zero-order valence-corrected chi connectivity index (χ0v) is 13.4. The van der Waals surface area contributed by atoms with Crippen LogP contribution in [0, 0.1) is 0 Å². The fourth-order valence-electron chi connectivity index (χ4n) is 2.54. The van der Waals surface area contributed by atoms with Crippen LogP contribution in [0.3, 0.4) is 0 Å². The first-order valence-electron chi connectivity index (χ1n) is 8.37. The van der Waals surface area contributed by atoms with Gasteiger partial charge in [0.1, 0.15) is 31.0 Å². The highest BCUT2D eigenvalue weighted by Gasteiger charge is 2.39. The molecule has 22 heavy (non-hydrogen) atoms. The summed E-state index contributed by atoms with van der Waals surface area (Å²) in [6, 6.07) is 0. The summed E-state index contributed by atoms with van der Waals surface area (Å²) in [5.74, 6) is -0.347. The van der Waals surface area contributed by atoms with Gasteiger partial charge >= 0.3 is 5.97 Å². The molecule has 0 spiro atoms. The molecule has 0 amide bonds. The maximum atomic E-state index is 11.6. The molecular formula is C16H30O6. The van der Waals surface area contributed by atoms with Crippen LogP contribution in [0.2, 0.25) is 0 Å². The van der Waals surface area contributed by atoms with Crippen LogP contribution in [0.5, 0.6) is 0 Å². The van der Waals surface area contributed by atoms with E-state index in [2.05, 4.69) is 6.92 Å². The summed E-state index contributed by atoms with van der Waals surface area (Å²) in [6.45, 7) is 1.94. The molecular weight excluding hydrogens is 288 g/mol. The van der Waals surface area contributed by atoms with E-state index in [1.54, 1.807) is 0 Å². The Labute approximate surface area is 132 Å². The highest BCUT2D eigenvalue weighted by atomic mass is 16.6. The normalized spacial score (nSPS) is 26.1. The van der Waals surface area contributed by atoms with Gasteiger partial charge in [0.25, 0.3) is 0 Å². The number of hydrogen-bond donors (Lipinski definition) is 3. The zero-order chi connectivity index (χ0) is 16.4. The third-order valence-corrected chi connectivity index (χ3v) is 3.97. The van der Waals surface area contributed by atoms with Crippen molar-refractivity contribution < 1.29 is 29.6 Å². The molecule has 130 valence electrons. The van der Waals surface area contributed by atoms with Crippen LogP contribution in [0.15, 0.2) is 0 Å².